The number of nitrogens with zero attached hydrogens (tertiary/aromatic N) is 3. The predicted molar refractivity (Wildman–Crippen MR) is 113 cm³/mol. The molecule has 4 rings (SSSR count). The summed E-state index contributed by atoms with van der Waals surface area (Å²) in [5.74, 6) is -1.72. The Kier molecular flexibility index (Phi) is 5.11. The fourth-order valence-electron chi connectivity index (χ4n) is 3.30. The number of carboxylic acid groups (broad SMARTS) is 1. The molecule has 0 saturated carbocycles. The first-order chi connectivity index (χ1) is 14.8. The molecule has 3 aromatic heterocycles. The van der Waals surface area contributed by atoms with Gasteiger partial charge in [-0.05, 0) is 25.5 Å². The number of fused-ring (bicyclic) bond motifs is 2. The summed E-state index contributed by atoms with van der Waals surface area (Å²) in [7, 11) is 0. The second-order valence-corrected chi connectivity index (χ2v) is 7.63. The Morgan fingerprint density at radius 1 is 1.23 bits per heavy atom. The van der Waals surface area contributed by atoms with E-state index in [1.54, 1.807) is 26.0 Å². The van der Waals surface area contributed by atoms with Crippen LogP contribution in [0.15, 0.2) is 33.9 Å². The number of benzene rings is 1. The van der Waals surface area contributed by atoms with Gasteiger partial charge in [-0.2, -0.15) is 5.10 Å². The van der Waals surface area contributed by atoms with Crippen molar-refractivity contribution in [2.24, 2.45) is 0 Å². The molecule has 0 unspecified atom stereocenters. The van der Waals surface area contributed by atoms with Gasteiger partial charge in [0.1, 0.15) is 22.1 Å². The average molecular weight is 440 g/mol. The van der Waals surface area contributed by atoms with Crippen LogP contribution in [0.2, 0.25) is 0 Å². The third-order valence-electron chi connectivity index (χ3n) is 4.68. The molecule has 0 aliphatic heterocycles. The number of carbonyl (C=O) groups excluding carboxylic acids is 1. The van der Waals surface area contributed by atoms with Crippen molar-refractivity contribution < 1.29 is 19.4 Å². The lowest BCUT2D eigenvalue weighted by atomic mass is 10.1. The van der Waals surface area contributed by atoms with E-state index >= 15 is 0 Å². The summed E-state index contributed by atoms with van der Waals surface area (Å²) in [6, 6.07) is 6.26. The van der Waals surface area contributed by atoms with Gasteiger partial charge in [0.05, 0.1) is 17.4 Å². The highest BCUT2D eigenvalue weighted by atomic mass is 32.1. The zero-order valence-corrected chi connectivity index (χ0v) is 17.3. The Balaban J connectivity index is 1.84. The first-order valence-electron chi connectivity index (χ1n) is 9.24. The second-order valence-electron chi connectivity index (χ2n) is 6.63. The van der Waals surface area contributed by atoms with E-state index in [0.717, 1.165) is 16.0 Å². The van der Waals surface area contributed by atoms with Gasteiger partial charge in [-0.1, -0.05) is 18.2 Å². The molecule has 158 valence electrons. The van der Waals surface area contributed by atoms with E-state index in [1.165, 1.54) is 12.1 Å². The number of hydrogen-bond acceptors (Lipinski definition) is 8. The summed E-state index contributed by atoms with van der Waals surface area (Å²) < 4.78 is 5.96. The maximum atomic E-state index is 12.8. The van der Waals surface area contributed by atoms with E-state index < -0.39 is 23.1 Å². The number of carbonyl (C=O) groups is 2. The van der Waals surface area contributed by atoms with Gasteiger partial charge in [0.25, 0.3) is 11.1 Å². The number of aromatic nitrogens is 4. The lowest BCUT2D eigenvalue weighted by Gasteiger charge is -2.08. The summed E-state index contributed by atoms with van der Waals surface area (Å²) in [5, 5.41) is 14.1. The Morgan fingerprint density at radius 2 is 1.94 bits per heavy atom. The van der Waals surface area contributed by atoms with Crippen molar-refractivity contribution in [2.45, 2.75) is 20.4 Å². The molecule has 11 heteroatoms. The lowest BCUT2D eigenvalue weighted by molar-refractivity contribution is 0.0531. The molecule has 10 nitrogen and oxygen atoms in total. The zero-order chi connectivity index (χ0) is 22.3. The minimum absolute atomic E-state index is 0.107. The minimum atomic E-state index is -1.28. The molecule has 0 fully saturated rings. The molecule has 0 amide bonds. The van der Waals surface area contributed by atoms with Crippen molar-refractivity contribution in [3.05, 3.63) is 66.9 Å². The van der Waals surface area contributed by atoms with Gasteiger partial charge in [0.15, 0.2) is 5.69 Å². The topological polar surface area (TPSA) is 144 Å². The lowest BCUT2D eigenvalue weighted by Crippen LogP contribution is -2.28. The van der Waals surface area contributed by atoms with Gasteiger partial charge in [-0.15, -0.1) is 11.3 Å². The van der Waals surface area contributed by atoms with E-state index in [-0.39, 0.29) is 45.7 Å². The number of aryl methyl sites for hydroxylation is 1. The summed E-state index contributed by atoms with van der Waals surface area (Å²) in [6.45, 7) is 3.27. The number of hydrogen-bond donors (Lipinski definition) is 2. The molecular formula is C20H16N4O6S. The first kappa shape index (κ1) is 20.4. The Hall–Kier alpha value is -3.86. The van der Waals surface area contributed by atoms with Crippen LogP contribution >= 0.6 is 11.3 Å². The average Bonchev–Trinajstić information content (AvgIpc) is 3.07. The fraction of sp³-hybridized carbons (Fsp3) is 0.200. The number of aromatic carboxylic acids is 1. The number of H-pyrrole nitrogens is 1. The van der Waals surface area contributed by atoms with Crippen LogP contribution in [0.4, 0.5) is 0 Å². The van der Waals surface area contributed by atoms with Gasteiger partial charge < -0.3 is 14.8 Å². The molecule has 2 N–H and O–H groups in total. The zero-order valence-electron chi connectivity index (χ0n) is 16.5. The van der Waals surface area contributed by atoms with Gasteiger partial charge in [0.2, 0.25) is 0 Å². The van der Waals surface area contributed by atoms with Crippen LogP contribution in [0.3, 0.4) is 0 Å². The van der Waals surface area contributed by atoms with Crippen molar-refractivity contribution in [1.82, 2.24) is 19.7 Å². The molecule has 0 aliphatic rings. The number of thiophene rings is 1. The van der Waals surface area contributed by atoms with Gasteiger partial charge in [-0.3, -0.25) is 9.59 Å². The van der Waals surface area contributed by atoms with Crippen molar-refractivity contribution in [3.63, 3.8) is 0 Å². The van der Waals surface area contributed by atoms with Crippen LogP contribution in [-0.2, 0) is 11.3 Å². The number of carboxylic acids is 1. The molecule has 31 heavy (non-hydrogen) atoms. The smallest absolute Gasteiger partial charge is 0.357 e. The highest BCUT2D eigenvalue weighted by Crippen LogP contribution is 2.27. The maximum absolute atomic E-state index is 12.8. The van der Waals surface area contributed by atoms with Crippen LogP contribution in [0.5, 0.6) is 0 Å². The predicted octanol–water partition coefficient (Wildman–Crippen LogP) is 1.93. The monoisotopic (exact) mass is 440 g/mol. The van der Waals surface area contributed by atoms with Crippen LogP contribution in [0.25, 0.3) is 21.0 Å². The molecule has 0 spiro atoms. The molecular weight excluding hydrogens is 424 g/mol. The highest BCUT2D eigenvalue weighted by Gasteiger charge is 2.21. The Morgan fingerprint density at radius 3 is 2.61 bits per heavy atom. The van der Waals surface area contributed by atoms with Crippen molar-refractivity contribution >= 4 is 44.3 Å². The number of nitrogens with one attached hydrogen (secondary N) is 1. The SMILES string of the molecule is CCOC(=O)c1sc2nc(Cn3nc(C(=O)O)c4ccccc4c3=O)[nH]c(=O)c2c1C. The minimum Gasteiger partial charge on any atom is -0.476 e. The normalized spacial score (nSPS) is 11.2. The molecule has 0 radical (unpaired) electrons. The van der Waals surface area contributed by atoms with Gasteiger partial charge in [-0.25, -0.2) is 19.3 Å². The van der Waals surface area contributed by atoms with Crippen LogP contribution in [0.1, 0.15) is 38.5 Å². The van der Waals surface area contributed by atoms with Crippen molar-refractivity contribution in [2.75, 3.05) is 6.61 Å². The second kappa shape index (κ2) is 7.76. The van der Waals surface area contributed by atoms with Crippen molar-refractivity contribution in [1.29, 1.82) is 0 Å². The molecule has 0 saturated heterocycles. The largest absolute Gasteiger partial charge is 0.476 e. The van der Waals surface area contributed by atoms with E-state index in [1.807, 2.05) is 0 Å². The molecule has 0 atom stereocenters. The van der Waals surface area contributed by atoms with Crippen LogP contribution < -0.4 is 11.1 Å². The number of ether oxygens (including phenoxy) is 1. The summed E-state index contributed by atoms with van der Waals surface area (Å²) >= 11 is 1.02. The standard InChI is InChI=1S/C20H16N4O6S/c1-3-30-20(29)15-9(2)13-16(25)21-12(22-17(13)31-15)8-24-18(26)11-7-5-4-6-10(11)14(23-24)19(27)28/h4-7H,3,8H2,1-2H3,(H,27,28)(H,21,22,25). The number of esters is 1. The van der Waals surface area contributed by atoms with Crippen molar-refractivity contribution in [3.8, 4) is 0 Å². The van der Waals surface area contributed by atoms with E-state index in [0.29, 0.717) is 10.4 Å². The molecule has 1 aromatic carbocycles. The summed E-state index contributed by atoms with van der Waals surface area (Å²) in [6.07, 6.45) is 0. The Bertz CT molecular complexity index is 1480. The molecule has 4 aromatic rings. The maximum Gasteiger partial charge on any atom is 0.357 e. The Labute approximate surface area is 177 Å². The molecule has 0 aliphatic carbocycles. The third kappa shape index (κ3) is 3.48. The van der Waals surface area contributed by atoms with Crippen LogP contribution in [-0.4, -0.2) is 43.4 Å². The number of aromatic amines is 1. The van der Waals surface area contributed by atoms with E-state index in [2.05, 4.69) is 15.1 Å². The summed E-state index contributed by atoms with van der Waals surface area (Å²) in [4.78, 5) is 56.7. The fourth-order valence-corrected chi connectivity index (χ4v) is 4.39. The number of rotatable bonds is 5. The molecule has 3 heterocycles. The highest BCUT2D eigenvalue weighted by molar-refractivity contribution is 7.20. The summed E-state index contributed by atoms with van der Waals surface area (Å²) in [5.41, 5.74) is -0.808. The van der Waals surface area contributed by atoms with E-state index in [4.69, 9.17) is 4.74 Å². The van der Waals surface area contributed by atoms with Crippen LogP contribution in [0, 0.1) is 6.92 Å². The van der Waals surface area contributed by atoms with E-state index in [9.17, 15) is 24.3 Å². The molecule has 0 bridgehead atoms. The van der Waals surface area contributed by atoms with Gasteiger partial charge in [0, 0.05) is 5.39 Å². The quantitative estimate of drug-likeness (QED) is 0.448. The third-order valence-corrected chi connectivity index (χ3v) is 5.85. The van der Waals surface area contributed by atoms with Gasteiger partial charge >= 0.3 is 11.9 Å². The first-order valence-corrected chi connectivity index (χ1v) is 10.1.